The Labute approximate surface area is 118 Å². The van der Waals surface area contributed by atoms with Gasteiger partial charge in [-0.15, -0.1) is 0 Å². The fraction of sp³-hybridized carbons (Fsp3) is 0.333. The van der Waals surface area contributed by atoms with Crippen molar-refractivity contribution < 1.29 is 9.32 Å². The monoisotopic (exact) mass is 273 g/mol. The average molecular weight is 273 g/mol. The topological polar surface area (TPSA) is 67.2 Å². The molecule has 0 aliphatic heterocycles. The summed E-state index contributed by atoms with van der Waals surface area (Å²) in [7, 11) is 0. The molecule has 0 unspecified atom stereocenters. The van der Waals surface area contributed by atoms with E-state index in [2.05, 4.69) is 22.7 Å². The quantitative estimate of drug-likeness (QED) is 0.876. The first-order chi connectivity index (χ1) is 9.60. The van der Waals surface area contributed by atoms with Gasteiger partial charge in [0.25, 0.3) is 5.91 Å². The van der Waals surface area contributed by atoms with Crippen LogP contribution in [0.3, 0.4) is 0 Å². The van der Waals surface area contributed by atoms with E-state index in [1.54, 1.807) is 13.0 Å². The molecule has 2 N–H and O–H groups in total. The van der Waals surface area contributed by atoms with Crippen molar-refractivity contribution in [2.24, 2.45) is 0 Å². The molecule has 0 fully saturated rings. The molecule has 0 aliphatic carbocycles. The van der Waals surface area contributed by atoms with Crippen molar-refractivity contribution in [2.45, 2.75) is 27.2 Å². The lowest BCUT2D eigenvalue weighted by Gasteiger charge is -2.11. The standard InChI is InChI=1S/C15H19N3O2/c1-4-7-16-13-8-10(2)5-6-12(13)15(19)17-14-9-11(3)20-18-14/h5-6,8-9,16H,4,7H2,1-3H3,(H,17,18,19). The molecule has 1 heterocycles. The van der Waals surface area contributed by atoms with Gasteiger partial charge in [-0.05, 0) is 38.0 Å². The second-order valence-electron chi connectivity index (χ2n) is 4.75. The summed E-state index contributed by atoms with van der Waals surface area (Å²) in [4.78, 5) is 12.3. The van der Waals surface area contributed by atoms with Gasteiger partial charge in [-0.3, -0.25) is 4.79 Å². The maximum absolute atomic E-state index is 12.3. The SMILES string of the molecule is CCCNc1cc(C)ccc1C(=O)Nc1cc(C)on1. The molecular formula is C15H19N3O2. The Bertz CT molecular complexity index is 605. The Morgan fingerprint density at radius 2 is 2.10 bits per heavy atom. The minimum atomic E-state index is -0.197. The Morgan fingerprint density at radius 1 is 1.30 bits per heavy atom. The minimum Gasteiger partial charge on any atom is -0.384 e. The maximum Gasteiger partial charge on any atom is 0.259 e. The molecule has 0 radical (unpaired) electrons. The number of carbonyl (C=O) groups excluding carboxylic acids is 1. The van der Waals surface area contributed by atoms with E-state index in [4.69, 9.17) is 4.52 Å². The van der Waals surface area contributed by atoms with Crippen LogP contribution >= 0.6 is 0 Å². The first kappa shape index (κ1) is 14.1. The zero-order valence-corrected chi connectivity index (χ0v) is 12.0. The summed E-state index contributed by atoms with van der Waals surface area (Å²) in [6, 6.07) is 7.39. The first-order valence-corrected chi connectivity index (χ1v) is 6.69. The third-order valence-electron chi connectivity index (χ3n) is 2.85. The van der Waals surface area contributed by atoms with Gasteiger partial charge in [0.15, 0.2) is 5.82 Å². The van der Waals surface area contributed by atoms with Crippen molar-refractivity contribution >= 4 is 17.4 Å². The van der Waals surface area contributed by atoms with Crippen LogP contribution in [0.15, 0.2) is 28.8 Å². The fourth-order valence-corrected chi connectivity index (χ4v) is 1.87. The van der Waals surface area contributed by atoms with Crippen molar-refractivity contribution in [3.05, 3.63) is 41.2 Å². The van der Waals surface area contributed by atoms with E-state index < -0.39 is 0 Å². The largest absolute Gasteiger partial charge is 0.384 e. The third kappa shape index (κ3) is 3.38. The zero-order valence-electron chi connectivity index (χ0n) is 12.0. The van der Waals surface area contributed by atoms with Gasteiger partial charge in [-0.2, -0.15) is 0 Å². The molecular weight excluding hydrogens is 254 g/mol. The van der Waals surface area contributed by atoms with Gasteiger partial charge >= 0.3 is 0 Å². The van der Waals surface area contributed by atoms with Crippen LogP contribution in [0.25, 0.3) is 0 Å². The van der Waals surface area contributed by atoms with Crippen LogP contribution in [0, 0.1) is 13.8 Å². The number of rotatable bonds is 5. The number of anilines is 2. The van der Waals surface area contributed by atoms with Crippen LogP contribution in [0.2, 0.25) is 0 Å². The maximum atomic E-state index is 12.3. The molecule has 2 rings (SSSR count). The summed E-state index contributed by atoms with van der Waals surface area (Å²) >= 11 is 0. The number of aryl methyl sites for hydroxylation is 2. The Morgan fingerprint density at radius 3 is 2.75 bits per heavy atom. The molecule has 0 saturated heterocycles. The van der Waals surface area contributed by atoms with Gasteiger partial charge in [0, 0.05) is 18.3 Å². The smallest absolute Gasteiger partial charge is 0.259 e. The molecule has 20 heavy (non-hydrogen) atoms. The lowest BCUT2D eigenvalue weighted by atomic mass is 10.1. The second kappa shape index (κ2) is 6.23. The van der Waals surface area contributed by atoms with Crippen LogP contribution in [0.4, 0.5) is 11.5 Å². The summed E-state index contributed by atoms with van der Waals surface area (Å²) in [5.74, 6) is 0.889. The lowest BCUT2D eigenvalue weighted by Crippen LogP contribution is -2.15. The van der Waals surface area contributed by atoms with E-state index in [9.17, 15) is 4.79 Å². The molecule has 1 aromatic heterocycles. The third-order valence-corrected chi connectivity index (χ3v) is 2.85. The van der Waals surface area contributed by atoms with Crippen LogP contribution in [0.1, 0.15) is 35.0 Å². The van der Waals surface area contributed by atoms with Gasteiger partial charge < -0.3 is 15.2 Å². The predicted molar refractivity (Wildman–Crippen MR) is 79.2 cm³/mol. The van der Waals surface area contributed by atoms with Crippen LogP contribution in [0.5, 0.6) is 0 Å². The van der Waals surface area contributed by atoms with Gasteiger partial charge in [-0.1, -0.05) is 18.1 Å². The Balaban J connectivity index is 2.19. The van der Waals surface area contributed by atoms with Crippen LogP contribution in [-0.4, -0.2) is 17.6 Å². The van der Waals surface area contributed by atoms with Gasteiger partial charge in [0.2, 0.25) is 0 Å². The van der Waals surface area contributed by atoms with Crippen molar-refractivity contribution in [3.63, 3.8) is 0 Å². The number of hydrogen-bond donors (Lipinski definition) is 2. The molecule has 0 bridgehead atoms. The molecule has 1 aromatic carbocycles. The highest BCUT2D eigenvalue weighted by molar-refractivity contribution is 6.07. The fourth-order valence-electron chi connectivity index (χ4n) is 1.87. The van der Waals surface area contributed by atoms with Crippen molar-refractivity contribution in [3.8, 4) is 0 Å². The highest BCUT2D eigenvalue weighted by Gasteiger charge is 2.13. The van der Waals surface area contributed by atoms with E-state index in [0.29, 0.717) is 17.1 Å². The highest BCUT2D eigenvalue weighted by Crippen LogP contribution is 2.19. The molecule has 106 valence electrons. The molecule has 2 aromatic rings. The molecule has 0 atom stereocenters. The minimum absolute atomic E-state index is 0.197. The van der Waals surface area contributed by atoms with Gasteiger partial charge in [-0.25, -0.2) is 0 Å². The van der Waals surface area contributed by atoms with Crippen LogP contribution in [-0.2, 0) is 0 Å². The summed E-state index contributed by atoms with van der Waals surface area (Å²) in [6.45, 7) is 6.69. The van der Waals surface area contributed by atoms with Gasteiger partial charge in [0.1, 0.15) is 5.76 Å². The molecule has 1 amide bonds. The molecule has 5 nitrogen and oxygen atoms in total. The van der Waals surface area contributed by atoms with E-state index in [-0.39, 0.29) is 5.91 Å². The Hall–Kier alpha value is -2.30. The van der Waals surface area contributed by atoms with E-state index in [1.165, 1.54) is 0 Å². The lowest BCUT2D eigenvalue weighted by molar-refractivity contribution is 0.102. The van der Waals surface area contributed by atoms with E-state index >= 15 is 0 Å². The second-order valence-corrected chi connectivity index (χ2v) is 4.75. The average Bonchev–Trinajstić information content (AvgIpc) is 2.81. The molecule has 0 saturated carbocycles. The zero-order chi connectivity index (χ0) is 14.5. The Kier molecular flexibility index (Phi) is 4.40. The highest BCUT2D eigenvalue weighted by atomic mass is 16.5. The summed E-state index contributed by atoms with van der Waals surface area (Å²) < 4.78 is 4.94. The van der Waals surface area contributed by atoms with Crippen molar-refractivity contribution in [1.82, 2.24) is 5.16 Å². The molecule has 0 aliphatic rings. The first-order valence-electron chi connectivity index (χ1n) is 6.69. The molecule has 5 heteroatoms. The number of carbonyl (C=O) groups is 1. The normalized spacial score (nSPS) is 10.3. The predicted octanol–water partition coefficient (Wildman–Crippen LogP) is 3.37. The number of hydrogen-bond acceptors (Lipinski definition) is 4. The van der Waals surface area contributed by atoms with E-state index in [1.807, 2.05) is 25.1 Å². The van der Waals surface area contributed by atoms with E-state index in [0.717, 1.165) is 24.2 Å². The summed E-state index contributed by atoms with van der Waals surface area (Å²) in [5.41, 5.74) is 2.55. The molecule has 0 spiro atoms. The summed E-state index contributed by atoms with van der Waals surface area (Å²) in [6.07, 6.45) is 0.998. The number of aromatic nitrogens is 1. The van der Waals surface area contributed by atoms with Crippen molar-refractivity contribution in [1.29, 1.82) is 0 Å². The number of nitrogens with zero attached hydrogens (tertiary/aromatic N) is 1. The number of benzene rings is 1. The summed E-state index contributed by atoms with van der Waals surface area (Å²) in [5, 5.41) is 9.77. The number of amides is 1. The van der Waals surface area contributed by atoms with Crippen molar-refractivity contribution in [2.75, 3.05) is 17.2 Å². The van der Waals surface area contributed by atoms with Crippen LogP contribution < -0.4 is 10.6 Å². The van der Waals surface area contributed by atoms with Gasteiger partial charge in [0.05, 0.1) is 5.56 Å². The number of nitrogens with one attached hydrogen (secondary N) is 2.